The van der Waals surface area contributed by atoms with Crippen molar-refractivity contribution < 1.29 is 23.3 Å². The molecule has 2 aromatic rings. The van der Waals surface area contributed by atoms with Gasteiger partial charge in [0.2, 0.25) is 5.91 Å². The predicted octanol–water partition coefficient (Wildman–Crippen LogP) is 1.73. The van der Waals surface area contributed by atoms with Crippen LogP contribution in [0.15, 0.2) is 36.5 Å². The summed E-state index contributed by atoms with van der Waals surface area (Å²) in [6.07, 6.45) is 3.71. The van der Waals surface area contributed by atoms with Crippen LogP contribution in [-0.4, -0.2) is 45.7 Å². The van der Waals surface area contributed by atoms with E-state index >= 15 is 0 Å². The second-order valence-electron chi connectivity index (χ2n) is 7.14. The molecule has 0 aliphatic rings. The van der Waals surface area contributed by atoms with Crippen molar-refractivity contribution >= 4 is 44.4 Å². The third-order valence-electron chi connectivity index (χ3n) is 4.25. The number of carbonyl (C=O) groups is 3. The first-order valence-electron chi connectivity index (χ1n) is 9.96. The largest absolute Gasteiger partial charge is 0.469 e. The molecule has 9 nitrogen and oxygen atoms in total. The summed E-state index contributed by atoms with van der Waals surface area (Å²) in [5.41, 5.74) is 7.61. The first kappa shape index (κ1) is 25.4. The predicted molar refractivity (Wildman–Crippen MR) is 129 cm³/mol. The van der Waals surface area contributed by atoms with Crippen molar-refractivity contribution in [3.63, 3.8) is 0 Å². The number of pyridine rings is 1. The van der Waals surface area contributed by atoms with Gasteiger partial charge in [0.1, 0.15) is 5.82 Å². The fraction of sp³-hybridized carbons (Fsp3) is 0.261. The standard InChI is InChI=1S/C23H26N4O5S/c1-16(28)26-20-8-6-7-17(13-20)10-11-18-14-19(15-25-22(18)24)23(30)27-33(3,31)12-5-4-9-21(29)32-2/h6-8,12-15H,4-5,9H2,1-3H3,(H2,24,25)(H,26,28)(H,27,30,31). The quantitative estimate of drug-likeness (QED) is 0.242. The zero-order chi connectivity index (χ0) is 24.4. The minimum Gasteiger partial charge on any atom is -0.469 e. The van der Waals surface area contributed by atoms with E-state index in [2.05, 4.69) is 31.6 Å². The van der Waals surface area contributed by atoms with Crippen LogP contribution in [0.2, 0.25) is 0 Å². The molecule has 1 atom stereocenters. The Labute approximate surface area is 193 Å². The van der Waals surface area contributed by atoms with Gasteiger partial charge in [0, 0.05) is 46.8 Å². The Kier molecular flexibility index (Phi) is 9.00. The van der Waals surface area contributed by atoms with Crippen molar-refractivity contribution in [1.82, 2.24) is 9.71 Å². The van der Waals surface area contributed by atoms with Crippen LogP contribution in [0.3, 0.4) is 0 Å². The van der Waals surface area contributed by atoms with Crippen LogP contribution in [0.4, 0.5) is 11.5 Å². The third kappa shape index (κ3) is 8.66. The lowest BCUT2D eigenvalue weighted by molar-refractivity contribution is -0.140. The van der Waals surface area contributed by atoms with Crippen molar-refractivity contribution in [3.8, 4) is 11.8 Å². The Morgan fingerprint density at radius 1 is 1.24 bits per heavy atom. The molecular formula is C23H26N4O5S. The average Bonchev–Trinajstić information content (AvgIpc) is 2.75. The normalized spacial score (nSPS) is 11.8. The number of amides is 2. The number of esters is 1. The Bertz CT molecular complexity index is 1240. The maximum absolute atomic E-state index is 12.6. The maximum atomic E-state index is 12.6. The molecule has 174 valence electrons. The number of unbranched alkanes of at least 4 members (excludes halogenated alkanes) is 1. The molecule has 1 aromatic carbocycles. The molecule has 0 aliphatic heterocycles. The number of nitrogens with one attached hydrogen (secondary N) is 2. The number of anilines is 2. The smallest absolute Gasteiger partial charge is 0.305 e. The van der Waals surface area contributed by atoms with Crippen LogP contribution in [0.25, 0.3) is 0 Å². The van der Waals surface area contributed by atoms with E-state index in [1.807, 2.05) is 0 Å². The number of methoxy groups -OCH3 is 1. The molecule has 0 saturated carbocycles. The number of carbonyl (C=O) groups excluding carboxylic acids is 3. The Balaban J connectivity index is 2.14. The molecule has 0 radical (unpaired) electrons. The SMILES string of the molecule is COC(=O)CCCC=S(C)(=O)NC(=O)c1cnc(N)c(C#Cc2cccc(NC(C)=O)c2)c1. The van der Waals surface area contributed by atoms with Crippen LogP contribution in [0.5, 0.6) is 0 Å². The molecule has 1 aromatic heterocycles. The molecule has 0 aliphatic carbocycles. The molecule has 4 N–H and O–H groups in total. The zero-order valence-electron chi connectivity index (χ0n) is 18.6. The van der Waals surface area contributed by atoms with Crippen molar-refractivity contribution in [2.75, 3.05) is 24.4 Å². The van der Waals surface area contributed by atoms with Gasteiger partial charge in [-0.15, -0.1) is 0 Å². The summed E-state index contributed by atoms with van der Waals surface area (Å²) < 4.78 is 19.7. The monoisotopic (exact) mass is 470 g/mol. The number of aromatic nitrogens is 1. The van der Waals surface area contributed by atoms with Crippen LogP contribution in [0.1, 0.15) is 47.7 Å². The number of nitrogen functional groups attached to an aromatic ring is 1. The third-order valence-corrected chi connectivity index (χ3v) is 5.71. The highest BCUT2D eigenvalue weighted by molar-refractivity contribution is 7.99. The minimum absolute atomic E-state index is 0.142. The molecule has 2 amide bonds. The molecule has 0 saturated heterocycles. The number of nitrogens with zero attached hydrogens (tertiary/aromatic N) is 1. The molecule has 10 heteroatoms. The topological polar surface area (TPSA) is 140 Å². The summed E-state index contributed by atoms with van der Waals surface area (Å²) >= 11 is 0. The summed E-state index contributed by atoms with van der Waals surface area (Å²) in [5.74, 6) is 4.81. The second-order valence-corrected chi connectivity index (χ2v) is 9.48. The summed E-state index contributed by atoms with van der Waals surface area (Å²) in [7, 11) is -1.48. The van der Waals surface area contributed by atoms with Crippen LogP contribution < -0.4 is 15.8 Å². The van der Waals surface area contributed by atoms with Gasteiger partial charge in [-0.3, -0.25) is 19.1 Å². The number of hydrogen-bond acceptors (Lipinski definition) is 7. The second kappa shape index (κ2) is 11.7. The van der Waals surface area contributed by atoms with E-state index in [0.717, 1.165) is 0 Å². The summed E-state index contributed by atoms with van der Waals surface area (Å²) in [5, 5.41) is 4.15. The van der Waals surface area contributed by atoms with Crippen LogP contribution in [0, 0.1) is 11.8 Å². The highest BCUT2D eigenvalue weighted by atomic mass is 32.2. The van der Waals surface area contributed by atoms with E-state index in [1.54, 1.807) is 24.3 Å². The fourth-order valence-corrected chi connectivity index (χ4v) is 3.84. The van der Waals surface area contributed by atoms with Gasteiger partial charge in [-0.05, 0) is 42.5 Å². The van der Waals surface area contributed by atoms with Gasteiger partial charge in [0.15, 0.2) is 0 Å². The van der Waals surface area contributed by atoms with Gasteiger partial charge >= 0.3 is 5.97 Å². The van der Waals surface area contributed by atoms with Gasteiger partial charge in [-0.1, -0.05) is 17.9 Å². The number of nitrogens with two attached hydrogens (primary N) is 1. The number of benzene rings is 1. The molecule has 0 fully saturated rings. The van der Waals surface area contributed by atoms with Gasteiger partial charge in [-0.25, -0.2) is 9.19 Å². The Morgan fingerprint density at radius 3 is 2.70 bits per heavy atom. The first-order valence-corrected chi connectivity index (χ1v) is 12.0. The van der Waals surface area contributed by atoms with E-state index in [1.165, 1.54) is 37.9 Å². The summed E-state index contributed by atoms with van der Waals surface area (Å²) in [6, 6.07) is 8.43. The van der Waals surface area contributed by atoms with E-state index in [9.17, 15) is 18.6 Å². The summed E-state index contributed by atoms with van der Waals surface area (Å²) in [4.78, 5) is 38.9. The molecule has 1 unspecified atom stereocenters. The first-order chi connectivity index (χ1) is 15.6. The van der Waals surface area contributed by atoms with Crippen LogP contribution in [-0.2, 0) is 24.0 Å². The van der Waals surface area contributed by atoms with Gasteiger partial charge in [-0.2, -0.15) is 0 Å². The molecule has 1 heterocycles. The summed E-state index contributed by atoms with van der Waals surface area (Å²) in [6.45, 7) is 1.41. The van der Waals surface area contributed by atoms with Crippen molar-refractivity contribution in [1.29, 1.82) is 0 Å². The highest BCUT2D eigenvalue weighted by Gasteiger charge is 2.12. The van der Waals surface area contributed by atoms with E-state index in [0.29, 0.717) is 29.7 Å². The van der Waals surface area contributed by atoms with Crippen LogP contribution >= 0.6 is 0 Å². The zero-order valence-corrected chi connectivity index (χ0v) is 19.5. The van der Waals surface area contributed by atoms with Crippen molar-refractivity contribution in [2.24, 2.45) is 0 Å². The van der Waals surface area contributed by atoms with Crippen molar-refractivity contribution in [3.05, 3.63) is 53.2 Å². The average molecular weight is 471 g/mol. The lowest BCUT2D eigenvalue weighted by atomic mass is 10.1. The maximum Gasteiger partial charge on any atom is 0.305 e. The number of ether oxygens (including phenoxy) is 1. The number of rotatable bonds is 7. The Hall–Kier alpha value is -3.84. The molecule has 0 spiro atoms. The van der Waals surface area contributed by atoms with Gasteiger partial charge in [0.05, 0.1) is 18.2 Å². The number of hydrogen-bond donors (Lipinski definition) is 3. The van der Waals surface area contributed by atoms with Crippen molar-refractivity contribution in [2.45, 2.75) is 26.2 Å². The van der Waals surface area contributed by atoms with E-state index in [4.69, 9.17) is 5.73 Å². The lowest BCUT2D eigenvalue weighted by Crippen LogP contribution is -2.31. The molecular weight excluding hydrogens is 444 g/mol. The van der Waals surface area contributed by atoms with Gasteiger partial charge in [0.25, 0.3) is 5.91 Å². The van der Waals surface area contributed by atoms with E-state index < -0.39 is 15.6 Å². The highest BCUT2D eigenvalue weighted by Crippen LogP contribution is 2.12. The minimum atomic E-state index is -2.78. The molecule has 33 heavy (non-hydrogen) atoms. The van der Waals surface area contributed by atoms with E-state index in [-0.39, 0.29) is 29.7 Å². The van der Waals surface area contributed by atoms with Gasteiger partial charge < -0.3 is 15.8 Å². The Morgan fingerprint density at radius 2 is 2.00 bits per heavy atom. The fourth-order valence-electron chi connectivity index (χ4n) is 2.66. The molecule has 0 bridgehead atoms. The molecule has 2 rings (SSSR count). The lowest BCUT2D eigenvalue weighted by Gasteiger charge is -2.09.